The minimum atomic E-state index is -1.39. The number of aryl methyl sites for hydroxylation is 2. The van der Waals surface area contributed by atoms with Crippen molar-refractivity contribution in [1.82, 2.24) is 9.78 Å². The maximum atomic E-state index is 15.3. The van der Waals surface area contributed by atoms with Crippen molar-refractivity contribution < 1.29 is 33.8 Å². The summed E-state index contributed by atoms with van der Waals surface area (Å²) in [5.74, 6) is -4.36. The molecule has 6 unspecified atom stereocenters. The first-order valence-corrected chi connectivity index (χ1v) is 20.4. The number of aromatic hydroxyl groups is 1. The van der Waals surface area contributed by atoms with Gasteiger partial charge >= 0.3 is 0 Å². The van der Waals surface area contributed by atoms with Gasteiger partial charge in [-0.3, -0.25) is 28.8 Å². The summed E-state index contributed by atoms with van der Waals surface area (Å²) in [6, 6.07) is 17.7. The number of ether oxygens (including phenoxy) is 2. The van der Waals surface area contributed by atoms with Crippen molar-refractivity contribution in [3.05, 3.63) is 92.0 Å². The van der Waals surface area contributed by atoms with E-state index in [4.69, 9.17) is 26.2 Å². The number of fused-ring (bicyclic) bond motifs is 5. The Bertz CT molecular complexity index is 2560. The number of aromatic nitrogens is 2. The van der Waals surface area contributed by atoms with Gasteiger partial charge in [0.2, 0.25) is 23.6 Å². The third kappa shape index (κ3) is 5.15. The number of rotatable bonds is 6. The molecule has 1 N–H and O–H groups in total. The number of carbonyl (C=O) groups excluding carboxylic acids is 4. The summed E-state index contributed by atoms with van der Waals surface area (Å²) in [5.41, 5.74) is 1.96. The highest BCUT2D eigenvalue weighted by molar-refractivity contribution is 14.1. The average molecular weight is 903 g/mol. The van der Waals surface area contributed by atoms with Crippen LogP contribution in [0.15, 0.2) is 72.3 Å². The van der Waals surface area contributed by atoms with Gasteiger partial charge in [-0.1, -0.05) is 23.3 Å². The lowest BCUT2D eigenvalue weighted by Crippen LogP contribution is -2.49. The molecule has 3 aromatic carbocycles. The minimum absolute atomic E-state index is 0.101. The van der Waals surface area contributed by atoms with Crippen LogP contribution in [-0.4, -0.2) is 52.7 Å². The summed E-state index contributed by atoms with van der Waals surface area (Å²) in [4.78, 5) is 62.4. The molecule has 4 heterocycles. The van der Waals surface area contributed by atoms with Crippen LogP contribution < -0.4 is 19.3 Å². The van der Waals surface area contributed by atoms with Gasteiger partial charge in [-0.05, 0) is 109 Å². The van der Waals surface area contributed by atoms with E-state index in [-0.39, 0.29) is 41.9 Å². The molecule has 286 valence electrons. The SMILES string of the molecule is COc1cc(O)cc(OC)c1C1C2=CCC3C(=O)N(c4ccc(I)cc4)C(=O)C3C2CC2C(=O)N(c3cc(-c4sc5ccc(Cl)cc5c4C)nn3C)C(=O)C21C. The molecule has 2 aliphatic heterocycles. The number of anilines is 2. The lowest BCUT2D eigenvalue weighted by molar-refractivity contribution is -0.131. The van der Waals surface area contributed by atoms with E-state index in [2.05, 4.69) is 22.6 Å². The fourth-order valence-electron chi connectivity index (χ4n) is 9.81. The number of halogens is 2. The Morgan fingerprint density at radius 2 is 1.62 bits per heavy atom. The van der Waals surface area contributed by atoms with Gasteiger partial charge in [0.25, 0.3) is 0 Å². The largest absolute Gasteiger partial charge is 0.508 e. The molecular formula is C42H36ClIN4O7S. The lowest BCUT2D eigenvalue weighted by Gasteiger charge is -2.49. The number of phenols is 1. The number of thiophene rings is 1. The van der Waals surface area contributed by atoms with Gasteiger partial charge in [0.15, 0.2) is 0 Å². The fourth-order valence-corrected chi connectivity index (χ4v) is 11.5. The molecule has 4 aliphatic rings. The molecule has 5 aromatic rings. The van der Waals surface area contributed by atoms with Gasteiger partial charge in [-0.25, -0.2) is 4.90 Å². The van der Waals surface area contributed by atoms with Crippen LogP contribution in [0.4, 0.5) is 11.5 Å². The smallest absolute Gasteiger partial charge is 0.242 e. The second kappa shape index (κ2) is 13.2. The molecule has 0 spiro atoms. The molecule has 2 saturated heterocycles. The van der Waals surface area contributed by atoms with Gasteiger partial charge < -0.3 is 14.6 Å². The van der Waals surface area contributed by atoms with E-state index in [1.54, 1.807) is 48.2 Å². The maximum Gasteiger partial charge on any atom is 0.242 e. The maximum absolute atomic E-state index is 15.3. The summed E-state index contributed by atoms with van der Waals surface area (Å²) < 4.78 is 15.3. The summed E-state index contributed by atoms with van der Waals surface area (Å²) in [5, 5.41) is 17.1. The van der Waals surface area contributed by atoms with Gasteiger partial charge in [0, 0.05) is 50.0 Å². The van der Waals surface area contributed by atoms with E-state index < -0.39 is 46.8 Å². The number of methoxy groups -OCH3 is 2. The van der Waals surface area contributed by atoms with Crippen LogP contribution in [0.1, 0.15) is 36.8 Å². The lowest BCUT2D eigenvalue weighted by atomic mass is 9.51. The third-order valence-electron chi connectivity index (χ3n) is 12.4. The van der Waals surface area contributed by atoms with Crippen molar-refractivity contribution >= 4 is 90.7 Å². The summed E-state index contributed by atoms with van der Waals surface area (Å²) in [6.45, 7) is 3.80. The van der Waals surface area contributed by atoms with Gasteiger partial charge in [0.1, 0.15) is 28.8 Å². The Balaban J connectivity index is 1.19. The first-order chi connectivity index (χ1) is 26.8. The fraction of sp³-hybridized carbons (Fsp3) is 0.310. The second-order valence-corrected chi connectivity index (χ2v) is 17.9. The molecule has 0 bridgehead atoms. The molecule has 3 fully saturated rings. The molecule has 56 heavy (non-hydrogen) atoms. The average Bonchev–Trinajstić information content (AvgIpc) is 3.85. The first-order valence-electron chi connectivity index (χ1n) is 18.2. The van der Waals surface area contributed by atoms with Crippen molar-refractivity contribution in [2.75, 3.05) is 24.0 Å². The van der Waals surface area contributed by atoms with Crippen LogP contribution in [0.3, 0.4) is 0 Å². The highest BCUT2D eigenvalue weighted by Crippen LogP contribution is 2.66. The summed E-state index contributed by atoms with van der Waals surface area (Å²) >= 11 is 10.1. The van der Waals surface area contributed by atoms with Crippen LogP contribution in [0.5, 0.6) is 17.2 Å². The van der Waals surface area contributed by atoms with E-state index >= 15 is 9.59 Å². The molecule has 2 aromatic heterocycles. The van der Waals surface area contributed by atoms with Gasteiger partial charge in [-0.15, -0.1) is 11.3 Å². The predicted octanol–water partition coefficient (Wildman–Crippen LogP) is 8.03. The van der Waals surface area contributed by atoms with E-state index in [1.807, 2.05) is 43.3 Å². The van der Waals surface area contributed by atoms with E-state index in [1.165, 1.54) is 36.2 Å². The van der Waals surface area contributed by atoms with Crippen molar-refractivity contribution in [3.63, 3.8) is 0 Å². The monoisotopic (exact) mass is 902 g/mol. The Hall–Kier alpha value is -4.73. The number of imide groups is 2. The number of nitrogens with zero attached hydrogens (tertiary/aromatic N) is 4. The van der Waals surface area contributed by atoms with E-state index in [9.17, 15) is 14.7 Å². The van der Waals surface area contributed by atoms with Crippen LogP contribution in [-0.2, 0) is 26.2 Å². The van der Waals surface area contributed by atoms with E-state index in [0.717, 1.165) is 29.7 Å². The van der Waals surface area contributed by atoms with Crippen LogP contribution >= 0.6 is 45.5 Å². The highest BCUT2D eigenvalue weighted by atomic mass is 127. The zero-order valence-corrected chi connectivity index (χ0v) is 34.7. The van der Waals surface area contributed by atoms with Crippen LogP contribution in [0.2, 0.25) is 5.02 Å². The Morgan fingerprint density at radius 3 is 2.30 bits per heavy atom. The van der Waals surface area contributed by atoms with Crippen LogP contribution in [0, 0.1) is 39.6 Å². The molecule has 1 saturated carbocycles. The van der Waals surface area contributed by atoms with Crippen LogP contribution in [0.25, 0.3) is 20.7 Å². The molecule has 14 heteroatoms. The molecule has 9 rings (SSSR count). The zero-order chi connectivity index (χ0) is 39.5. The number of hydrogen-bond donors (Lipinski definition) is 1. The second-order valence-electron chi connectivity index (χ2n) is 15.1. The molecular weight excluding hydrogens is 867 g/mol. The highest BCUT2D eigenvalue weighted by Gasteiger charge is 2.68. The first kappa shape index (κ1) is 36.9. The van der Waals surface area contributed by atoms with E-state index in [0.29, 0.717) is 27.8 Å². The third-order valence-corrected chi connectivity index (χ3v) is 14.6. The quantitative estimate of drug-likeness (QED) is 0.103. The van der Waals surface area contributed by atoms with Crippen molar-refractivity contribution in [1.29, 1.82) is 0 Å². The number of amides is 4. The number of benzene rings is 3. The molecule has 0 radical (unpaired) electrons. The van der Waals surface area contributed by atoms with Crippen molar-refractivity contribution in [2.45, 2.75) is 32.6 Å². The zero-order valence-electron chi connectivity index (χ0n) is 31.0. The number of allylic oxidation sites excluding steroid dienone is 2. The predicted molar refractivity (Wildman–Crippen MR) is 221 cm³/mol. The summed E-state index contributed by atoms with van der Waals surface area (Å²) in [6.07, 6.45) is 2.42. The Kier molecular flexibility index (Phi) is 8.67. The molecule has 4 amide bonds. The van der Waals surface area contributed by atoms with Gasteiger partial charge in [0.05, 0.1) is 48.0 Å². The number of hydrogen-bond acceptors (Lipinski definition) is 9. The van der Waals surface area contributed by atoms with Gasteiger partial charge in [-0.2, -0.15) is 5.10 Å². The topological polar surface area (TPSA) is 131 Å². The van der Waals surface area contributed by atoms with Crippen molar-refractivity contribution in [2.24, 2.45) is 36.1 Å². The molecule has 11 nitrogen and oxygen atoms in total. The number of carbonyl (C=O) groups is 4. The molecule has 6 atom stereocenters. The van der Waals surface area contributed by atoms with Crippen molar-refractivity contribution in [3.8, 4) is 27.8 Å². The Morgan fingerprint density at radius 1 is 0.929 bits per heavy atom. The number of phenolic OH excluding ortho intramolecular Hbond substituents is 1. The standard InChI is InChI=1S/C42H36ClIN4O7S/c1-19-26-14-20(43)6-13-32(26)56-37(19)29-18-33(46(3)45-29)48-39(51)28-17-27-24(11-12-25-34(27)40(52)47(38(25)50)22-9-7-21(44)8-10-22)36(42(28,2)41(48)53)35-30(54-4)15-23(49)16-31(35)55-5/h6-11,13-16,18,25,27-28,34,36,49H,12,17H2,1-5H3. The summed E-state index contributed by atoms with van der Waals surface area (Å²) in [7, 11) is 4.65. The Labute approximate surface area is 345 Å². The molecule has 2 aliphatic carbocycles. The minimum Gasteiger partial charge on any atom is -0.508 e. The normalized spacial score (nSPS) is 25.8.